The van der Waals surface area contributed by atoms with Crippen LogP contribution in [-0.2, 0) is 0 Å². The standard InChI is InChI=1S/C22H15ClF5N3O2/c23-14-2-1-3-15(24)20(14)31-21(32)13-6-16(25)12(7-19(13)33-10-22(26,27)28)18-9-29-17(8-30-18)11-4-5-11/h1-3,6-9,11H,4-5,10H2,(H,31,32). The number of carbonyl (C=O) groups is 1. The molecule has 1 heterocycles. The Morgan fingerprint density at radius 1 is 1.12 bits per heavy atom. The van der Waals surface area contributed by atoms with Crippen LogP contribution in [0.15, 0.2) is 42.7 Å². The number of hydrogen-bond donors (Lipinski definition) is 1. The molecular weight excluding hydrogens is 469 g/mol. The van der Waals surface area contributed by atoms with Crippen molar-refractivity contribution in [1.29, 1.82) is 0 Å². The molecule has 0 spiro atoms. The Morgan fingerprint density at radius 2 is 1.88 bits per heavy atom. The van der Waals surface area contributed by atoms with E-state index in [0.29, 0.717) is 12.0 Å². The van der Waals surface area contributed by atoms with Gasteiger partial charge in [-0.2, -0.15) is 13.2 Å². The summed E-state index contributed by atoms with van der Waals surface area (Å²) in [6.45, 7) is -1.73. The lowest BCUT2D eigenvalue weighted by Crippen LogP contribution is -2.22. The maximum atomic E-state index is 14.9. The van der Waals surface area contributed by atoms with E-state index in [1.807, 2.05) is 0 Å². The smallest absolute Gasteiger partial charge is 0.422 e. The van der Waals surface area contributed by atoms with Gasteiger partial charge in [0.2, 0.25) is 0 Å². The van der Waals surface area contributed by atoms with E-state index in [-0.39, 0.29) is 16.3 Å². The first-order valence-corrected chi connectivity index (χ1v) is 10.1. The molecule has 4 rings (SSSR count). The number of carbonyl (C=O) groups excluding carboxylic acids is 1. The summed E-state index contributed by atoms with van der Waals surface area (Å²) in [7, 11) is 0. The van der Waals surface area contributed by atoms with Gasteiger partial charge in [0.05, 0.1) is 33.9 Å². The summed E-state index contributed by atoms with van der Waals surface area (Å²) in [6.07, 6.45) is 0.0200. The minimum atomic E-state index is -4.72. The Balaban J connectivity index is 1.70. The van der Waals surface area contributed by atoms with Crippen LogP contribution in [-0.4, -0.2) is 28.7 Å². The van der Waals surface area contributed by atoms with Crippen molar-refractivity contribution in [2.75, 3.05) is 11.9 Å². The summed E-state index contributed by atoms with van der Waals surface area (Å²) in [5.74, 6) is -3.20. The molecule has 11 heteroatoms. The Hall–Kier alpha value is -3.27. The van der Waals surface area contributed by atoms with Crippen molar-refractivity contribution in [3.8, 4) is 17.0 Å². The van der Waals surface area contributed by atoms with Gasteiger partial charge in [-0.3, -0.25) is 14.8 Å². The molecule has 0 aliphatic heterocycles. The fourth-order valence-corrected chi connectivity index (χ4v) is 3.28. The minimum Gasteiger partial charge on any atom is -0.483 e. The first-order chi connectivity index (χ1) is 15.6. The predicted octanol–water partition coefficient (Wildman–Crippen LogP) is 6.15. The third kappa shape index (κ3) is 5.39. The molecule has 1 aromatic heterocycles. The zero-order chi connectivity index (χ0) is 23.8. The van der Waals surface area contributed by atoms with Crippen molar-refractivity contribution in [3.05, 3.63) is 70.6 Å². The Bertz CT molecular complexity index is 1180. The highest BCUT2D eigenvalue weighted by atomic mass is 35.5. The number of ether oxygens (including phenoxy) is 1. The van der Waals surface area contributed by atoms with Gasteiger partial charge in [-0.25, -0.2) is 8.78 Å². The van der Waals surface area contributed by atoms with Gasteiger partial charge in [0.25, 0.3) is 5.91 Å². The summed E-state index contributed by atoms with van der Waals surface area (Å²) in [4.78, 5) is 21.1. The zero-order valence-corrected chi connectivity index (χ0v) is 17.5. The SMILES string of the molecule is O=C(Nc1c(F)cccc1Cl)c1cc(F)c(-c2cnc(C3CC3)cn2)cc1OCC(F)(F)F. The molecule has 2 aromatic carbocycles. The Morgan fingerprint density at radius 3 is 2.48 bits per heavy atom. The highest BCUT2D eigenvalue weighted by Crippen LogP contribution is 2.39. The number of rotatable bonds is 6. The fourth-order valence-electron chi connectivity index (χ4n) is 3.07. The number of halogens is 6. The van der Waals surface area contributed by atoms with Gasteiger partial charge in [0, 0.05) is 17.7 Å². The number of aromatic nitrogens is 2. The molecule has 0 radical (unpaired) electrons. The molecule has 3 aromatic rings. The molecule has 1 aliphatic carbocycles. The number of hydrogen-bond acceptors (Lipinski definition) is 4. The summed E-state index contributed by atoms with van der Waals surface area (Å²) in [5, 5.41) is 2.00. The zero-order valence-electron chi connectivity index (χ0n) is 16.7. The third-order valence-corrected chi connectivity index (χ3v) is 5.16. The predicted molar refractivity (Wildman–Crippen MR) is 110 cm³/mol. The van der Waals surface area contributed by atoms with Gasteiger partial charge in [-0.15, -0.1) is 0 Å². The number of anilines is 1. The van der Waals surface area contributed by atoms with Crippen molar-refractivity contribution in [1.82, 2.24) is 9.97 Å². The van der Waals surface area contributed by atoms with Crippen molar-refractivity contribution in [3.63, 3.8) is 0 Å². The number of amides is 1. The Kier molecular flexibility index (Phi) is 6.20. The molecule has 172 valence electrons. The van der Waals surface area contributed by atoms with Crippen LogP contribution in [0.1, 0.15) is 34.8 Å². The van der Waals surface area contributed by atoms with E-state index in [1.54, 1.807) is 0 Å². The van der Waals surface area contributed by atoms with Gasteiger partial charge in [0.15, 0.2) is 6.61 Å². The van der Waals surface area contributed by atoms with Gasteiger partial charge >= 0.3 is 6.18 Å². The molecule has 1 fully saturated rings. The van der Waals surface area contributed by atoms with Gasteiger partial charge in [-0.05, 0) is 37.1 Å². The average molecular weight is 484 g/mol. The number of benzene rings is 2. The topological polar surface area (TPSA) is 64.1 Å². The average Bonchev–Trinajstić information content (AvgIpc) is 3.60. The molecule has 0 unspecified atom stereocenters. The maximum Gasteiger partial charge on any atom is 0.422 e. The lowest BCUT2D eigenvalue weighted by Gasteiger charge is -2.16. The highest BCUT2D eigenvalue weighted by Gasteiger charge is 2.30. The molecule has 0 atom stereocenters. The van der Waals surface area contributed by atoms with Crippen molar-refractivity contribution in [2.24, 2.45) is 0 Å². The molecule has 1 saturated carbocycles. The molecule has 0 bridgehead atoms. The second kappa shape index (κ2) is 8.93. The largest absolute Gasteiger partial charge is 0.483 e. The second-order valence-corrected chi connectivity index (χ2v) is 7.79. The molecule has 1 amide bonds. The number of nitrogens with zero attached hydrogens (tertiary/aromatic N) is 2. The third-order valence-electron chi connectivity index (χ3n) is 4.85. The molecule has 0 saturated heterocycles. The lowest BCUT2D eigenvalue weighted by molar-refractivity contribution is -0.153. The van der Waals surface area contributed by atoms with E-state index < -0.39 is 47.3 Å². The summed E-state index contributed by atoms with van der Waals surface area (Å²) in [5.41, 5.74) is -0.398. The van der Waals surface area contributed by atoms with E-state index in [1.165, 1.54) is 24.5 Å². The van der Waals surface area contributed by atoms with Gasteiger partial charge in [-0.1, -0.05) is 17.7 Å². The van der Waals surface area contributed by atoms with Crippen LogP contribution in [0.4, 0.5) is 27.6 Å². The summed E-state index contributed by atoms with van der Waals surface area (Å²) >= 11 is 5.87. The molecule has 33 heavy (non-hydrogen) atoms. The van der Waals surface area contributed by atoms with Crippen LogP contribution < -0.4 is 10.1 Å². The van der Waals surface area contributed by atoms with Crippen LogP contribution in [0.3, 0.4) is 0 Å². The van der Waals surface area contributed by atoms with Gasteiger partial charge < -0.3 is 10.1 Å². The molecule has 1 N–H and O–H groups in total. The monoisotopic (exact) mass is 483 g/mol. The van der Waals surface area contributed by atoms with Crippen LogP contribution in [0.5, 0.6) is 5.75 Å². The van der Waals surface area contributed by atoms with Crippen molar-refractivity contribution < 1.29 is 31.5 Å². The lowest BCUT2D eigenvalue weighted by atomic mass is 10.1. The van der Waals surface area contributed by atoms with Gasteiger partial charge in [0.1, 0.15) is 17.4 Å². The number of para-hydroxylation sites is 1. The normalized spacial score (nSPS) is 13.6. The first kappa shape index (κ1) is 22.9. The maximum absolute atomic E-state index is 14.9. The summed E-state index contributed by atoms with van der Waals surface area (Å²) < 4.78 is 72.0. The van der Waals surface area contributed by atoms with Crippen LogP contribution in [0, 0.1) is 11.6 Å². The quantitative estimate of drug-likeness (QED) is 0.427. The van der Waals surface area contributed by atoms with Crippen LogP contribution >= 0.6 is 11.6 Å². The van der Waals surface area contributed by atoms with E-state index >= 15 is 0 Å². The Labute approximate surface area is 189 Å². The second-order valence-electron chi connectivity index (χ2n) is 7.38. The number of alkyl halides is 3. The number of nitrogens with one attached hydrogen (secondary N) is 1. The van der Waals surface area contributed by atoms with Crippen molar-refractivity contribution >= 4 is 23.2 Å². The van der Waals surface area contributed by atoms with Crippen LogP contribution in [0.25, 0.3) is 11.3 Å². The fraction of sp³-hybridized carbons (Fsp3) is 0.227. The first-order valence-electron chi connectivity index (χ1n) is 9.73. The molecular formula is C22H15ClF5N3O2. The highest BCUT2D eigenvalue weighted by molar-refractivity contribution is 6.34. The molecule has 1 aliphatic rings. The van der Waals surface area contributed by atoms with E-state index in [0.717, 1.165) is 30.7 Å². The van der Waals surface area contributed by atoms with Crippen LogP contribution in [0.2, 0.25) is 5.02 Å². The van der Waals surface area contributed by atoms with E-state index in [2.05, 4.69) is 15.3 Å². The molecule has 5 nitrogen and oxygen atoms in total. The summed E-state index contributed by atoms with van der Waals surface area (Å²) in [6, 6.07) is 5.25. The van der Waals surface area contributed by atoms with E-state index in [9.17, 15) is 26.7 Å². The van der Waals surface area contributed by atoms with Crippen molar-refractivity contribution in [2.45, 2.75) is 24.9 Å². The van der Waals surface area contributed by atoms with E-state index in [4.69, 9.17) is 16.3 Å². The minimum absolute atomic E-state index is 0.0536.